The highest BCUT2D eigenvalue weighted by molar-refractivity contribution is 6.13. The molecule has 0 aliphatic carbocycles. The molecule has 0 saturated heterocycles. The Hall–Kier alpha value is -8.01. The number of pyridine rings is 1. The average Bonchev–Trinajstić information content (AvgIpc) is 3.84. The molecule has 0 saturated carbocycles. The SMILES string of the molecule is c1ccc(-c2cc(-c3ccccc3)nc(-c3ccc(-n4c5ccccc5c5cc(-c6ccc7c8ccccc8n(-c8cccc9ccccc89)c7c6)ccc54)cc3)c2)cc1. The Labute approximate surface area is 347 Å². The first-order valence-electron chi connectivity index (χ1n) is 20.5. The van der Waals surface area contributed by atoms with Crippen LogP contribution in [0, 0.1) is 0 Å². The molecule has 0 aliphatic rings. The number of rotatable bonds is 6. The highest BCUT2D eigenvalue weighted by Gasteiger charge is 2.18. The molecule has 0 fully saturated rings. The fraction of sp³-hybridized carbons (Fsp3) is 0. The lowest BCUT2D eigenvalue weighted by Gasteiger charge is -2.13. The number of fused-ring (bicyclic) bond motifs is 7. The Morgan fingerprint density at radius 2 is 0.783 bits per heavy atom. The van der Waals surface area contributed by atoms with Gasteiger partial charge in [0, 0.05) is 43.7 Å². The van der Waals surface area contributed by atoms with Crippen LogP contribution in [0.1, 0.15) is 0 Å². The third-order valence-electron chi connectivity index (χ3n) is 12.1. The molecule has 280 valence electrons. The smallest absolute Gasteiger partial charge is 0.0715 e. The van der Waals surface area contributed by atoms with Crippen molar-refractivity contribution in [2.24, 2.45) is 0 Å². The van der Waals surface area contributed by atoms with Gasteiger partial charge in [0.25, 0.3) is 0 Å². The van der Waals surface area contributed by atoms with Crippen LogP contribution in [0.15, 0.2) is 224 Å². The van der Waals surface area contributed by atoms with Crippen molar-refractivity contribution in [3.05, 3.63) is 224 Å². The van der Waals surface area contributed by atoms with Crippen LogP contribution in [0.5, 0.6) is 0 Å². The largest absolute Gasteiger partial charge is 0.309 e. The van der Waals surface area contributed by atoms with E-state index >= 15 is 0 Å². The van der Waals surface area contributed by atoms with Crippen molar-refractivity contribution < 1.29 is 0 Å². The van der Waals surface area contributed by atoms with E-state index in [4.69, 9.17) is 4.98 Å². The lowest BCUT2D eigenvalue weighted by molar-refractivity contribution is 1.18. The molecule has 0 N–H and O–H groups in total. The topological polar surface area (TPSA) is 22.8 Å². The van der Waals surface area contributed by atoms with E-state index < -0.39 is 0 Å². The molecule has 3 heteroatoms. The molecule has 9 aromatic carbocycles. The van der Waals surface area contributed by atoms with Gasteiger partial charge in [0.1, 0.15) is 0 Å². The van der Waals surface area contributed by atoms with Gasteiger partial charge in [-0.15, -0.1) is 0 Å². The first-order chi connectivity index (χ1) is 29.7. The summed E-state index contributed by atoms with van der Waals surface area (Å²) < 4.78 is 4.84. The summed E-state index contributed by atoms with van der Waals surface area (Å²) in [4.78, 5) is 5.19. The minimum absolute atomic E-state index is 0.949. The van der Waals surface area contributed by atoms with E-state index in [0.717, 1.165) is 33.8 Å². The summed E-state index contributed by atoms with van der Waals surface area (Å²) in [5.41, 5.74) is 15.9. The summed E-state index contributed by atoms with van der Waals surface area (Å²) in [6.45, 7) is 0. The van der Waals surface area contributed by atoms with Gasteiger partial charge >= 0.3 is 0 Å². The summed E-state index contributed by atoms with van der Waals surface area (Å²) in [5, 5.41) is 7.44. The summed E-state index contributed by atoms with van der Waals surface area (Å²) in [6.07, 6.45) is 0. The van der Waals surface area contributed by atoms with Crippen LogP contribution in [-0.2, 0) is 0 Å². The van der Waals surface area contributed by atoms with Gasteiger partial charge in [-0.1, -0.05) is 164 Å². The molecular formula is C57H37N3. The van der Waals surface area contributed by atoms with Gasteiger partial charge in [0.15, 0.2) is 0 Å². The third kappa shape index (κ3) is 5.55. The molecule has 12 aromatic rings. The summed E-state index contributed by atoms with van der Waals surface area (Å²) in [7, 11) is 0. The van der Waals surface area contributed by atoms with E-state index in [1.807, 2.05) is 6.07 Å². The standard InChI is InChI=1S/C57H37N3/c1-3-14-38(15-4-1)44-35-51(40-17-5-2-6-18-40)58-52(36-44)41-26-30-45(31-27-41)59-54-23-11-10-22-48(54)50-34-42(29-33-56(50)59)43-28-32-49-47-21-9-12-24-55(47)60(57(49)37-43)53-25-13-19-39-16-7-8-20-46(39)53/h1-37H. The number of para-hydroxylation sites is 2. The Kier molecular flexibility index (Phi) is 7.85. The van der Waals surface area contributed by atoms with Gasteiger partial charge in [-0.25, -0.2) is 4.98 Å². The zero-order chi connectivity index (χ0) is 39.6. The van der Waals surface area contributed by atoms with E-state index in [-0.39, 0.29) is 0 Å². The van der Waals surface area contributed by atoms with E-state index in [1.54, 1.807) is 0 Å². The van der Waals surface area contributed by atoms with Crippen molar-refractivity contribution in [2.75, 3.05) is 0 Å². The molecular weight excluding hydrogens is 727 g/mol. The highest BCUT2D eigenvalue weighted by atomic mass is 15.0. The molecule has 12 rings (SSSR count). The second kappa shape index (κ2) is 13.8. The molecule has 0 radical (unpaired) electrons. The number of hydrogen-bond acceptors (Lipinski definition) is 1. The monoisotopic (exact) mass is 763 g/mol. The van der Waals surface area contributed by atoms with E-state index in [9.17, 15) is 0 Å². The quantitative estimate of drug-likeness (QED) is 0.165. The van der Waals surface area contributed by atoms with Crippen molar-refractivity contribution in [2.45, 2.75) is 0 Å². The van der Waals surface area contributed by atoms with Crippen LogP contribution in [0.2, 0.25) is 0 Å². The van der Waals surface area contributed by atoms with Crippen LogP contribution < -0.4 is 0 Å². The molecule has 3 heterocycles. The Morgan fingerprint density at radius 1 is 0.267 bits per heavy atom. The predicted molar refractivity (Wildman–Crippen MR) is 252 cm³/mol. The molecule has 3 aromatic heterocycles. The molecule has 0 aliphatic heterocycles. The summed E-state index contributed by atoms with van der Waals surface area (Å²) >= 11 is 0. The lowest BCUT2D eigenvalue weighted by Crippen LogP contribution is -1.95. The Bertz CT molecular complexity index is 3510. The first-order valence-corrected chi connectivity index (χ1v) is 20.5. The maximum Gasteiger partial charge on any atom is 0.0715 e. The van der Waals surface area contributed by atoms with Crippen LogP contribution in [0.3, 0.4) is 0 Å². The van der Waals surface area contributed by atoms with Crippen LogP contribution in [0.25, 0.3) is 111 Å². The number of benzene rings is 9. The van der Waals surface area contributed by atoms with E-state index in [1.165, 1.54) is 76.8 Å². The predicted octanol–water partition coefficient (Wildman–Crippen LogP) is 15.1. The number of aromatic nitrogens is 3. The van der Waals surface area contributed by atoms with E-state index in [2.05, 4.69) is 228 Å². The zero-order valence-corrected chi connectivity index (χ0v) is 32.7. The van der Waals surface area contributed by atoms with E-state index in [0.29, 0.717) is 0 Å². The van der Waals surface area contributed by atoms with Crippen LogP contribution in [-0.4, -0.2) is 14.1 Å². The molecule has 0 unspecified atom stereocenters. The van der Waals surface area contributed by atoms with Crippen molar-refractivity contribution in [1.82, 2.24) is 14.1 Å². The number of nitrogens with zero attached hydrogens (tertiary/aromatic N) is 3. The van der Waals surface area contributed by atoms with Gasteiger partial charge in [0.2, 0.25) is 0 Å². The van der Waals surface area contributed by atoms with Gasteiger partial charge < -0.3 is 9.13 Å². The van der Waals surface area contributed by atoms with Crippen molar-refractivity contribution in [3.63, 3.8) is 0 Å². The molecule has 0 bridgehead atoms. The minimum Gasteiger partial charge on any atom is -0.309 e. The normalized spacial score (nSPS) is 11.7. The Balaban J connectivity index is 0.972. The van der Waals surface area contributed by atoms with Crippen molar-refractivity contribution in [3.8, 4) is 56.1 Å². The van der Waals surface area contributed by atoms with Gasteiger partial charge in [0.05, 0.1) is 39.1 Å². The fourth-order valence-electron chi connectivity index (χ4n) is 9.26. The second-order valence-corrected chi connectivity index (χ2v) is 15.6. The zero-order valence-electron chi connectivity index (χ0n) is 32.7. The fourth-order valence-corrected chi connectivity index (χ4v) is 9.26. The van der Waals surface area contributed by atoms with Gasteiger partial charge in [-0.3, -0.25) is 0 Å². The lowest BCUT2D eigenvalue weighted by atomic mass is 10.00. The molecule has 0 atom stereocenters. The maximum atomic E-state index is 5.19. The Morgan fingerprint density at radius 3 is 1.53 bits per heavy atom. The minimum atomic E-state index is 0.949. The molecule has 3 nitrogen and oxygen atoms in total. The highest BCUT2D eigenvalue weighted by Crippen LogP contribution is 2.40. The van der Waals surface area contributed by atoms with Crippen molar-refractivity contribution >= 4 is 54.4 Å². The van der Waals surface area contributed by atoms with Crippen molar-refractivity contribution in [1.29, 1.82) is 0 Å². The molecule has 60 heavy (non-hydrogen) atoms. The molecule has 0 spiro atoms. The van der Waals surface area contributed by atoms with Crippen LogP contribution >= 0.6 is 0 Å². The maximum absolute atomic E-state index is 5.19. The summed E-state index contributed by atoms with van der Waals surface area (Å²) in [5.74, 6) is 0. The first kappa shape index (κ1) is 34.1. The van der Waals surface area contributed by atoms with Crippen LogP contribution in [0.4, 0.5) is 0 Å². The third-order valence-corrected chi connectivity index (χ3v) is 12.1. The van der Waals surface area contributed by atoms with Gasteiger partial charge in [-0.05, 0) is 88.3 Å². The molecule has 0 amide bonds. The second-order valence-electron chi connectivity index (χ2n) is 15.6. The average molecular weight is 764 g/mol. The number of hydrogen-bond donors (Lipinski definition) is 0. The summed E-state index contributed by atoms with van der Waals surface area (Å²) in [6, 6.07) is 81.0. The van der Waals surface area contributed by atoms with Gasteiger partial charge in [-0.2, -0.15) is 0 Å².